The molecular formula is C39H73N3O8. The molecule has 3 atom stereocenters. The summed E-state index contributed by atoms with van der Waals surface area (Å²) in [6.45, 7) is 11.2. The minimum Gasteiger partial charge on any atom is -0.492 e. The van der Waals surface area contributed by atoms with Crippen molar-refractivity contribution in [3.05, 3.63) is 12.1 Å². The molecule has 1 heterocycles. The number of nitrogens with one attached hydrogen (secondary N) is 1. The number of alkyl carbamates (subject to hydrolysis) is 1. The topological polar surface area (TPSA) is 154 Å². The maximum Gasteiger partial charge on any atom is 0.408 e. The summed E-state index contributed by atoms with van der Waals surface area (Å²) >= 11 is 0. The summed E-state index contributed by atoms with van der Waals surface area (Å²) in [4.78, 5) is 32.9. The van der Waals surface area contributed by atoms with Gasteiger partial charge in [0.2, 0.25) is 11.8 Å². The summed E-state index contributed by atoms with van der Waals surface area (Å²) in [5.74, 6) is -1.78. The van der Waals surface area contributed by atoms with Crippen LogP contribution >= 0.6 is 0 Å². The van der Waals surface area contributed by atoms with Crippen molar-refractivity contribution in [2.75, 3.05) is 19.6 Å². The zero-order valence-corrected chi connectivity index (χ0v) is 32.2. The molecule has 1 aromatic heterocycles. The lowest BCUT2D eigenvalue weighted by molar-refractivity contribution is -0.148. The first kappa shape index (κ1) is 45.5. The fourth-order valence-electron chi connectivity index (χ4n) is 6.10. The fraction of sp³-hybridized carbons (Fsp3) is 0.846. The highest BCUT2D eigenvalue weighted by Crippen LogP contribution is 2.20. The van der Waals surface area contributed by atoms with E-state index in [1.54, 1.807) is 20.8 Å². The Hall–Kier alpha value is -2.50. The predicted molar refractivity (Wildman–Crippen MR) is 199 cm³/mol. The Morgan fingerprint density at radius 1 is 0.700 bits per heavy atom. The Kier molecular flexibility index (Phi) is 24.8. The second kappa shape index (κ2) is 27.2. The van der Waals surface area contributed by atoms with Crippen LogP contribution in [0.15, 0.2) is 12.1 Å². The molecule has 0 aromatic carbocycles. The molecule has 0 aliphatic rings. The molecule has 0 unspecified atom stereocenters. The highest BCUT2D eigenvalue weighted by molar-refractivity contribution is 5.81. The van der Waals surface area contributed by atoms with Crippen molar-refractivity contribution < 1.29 is 39.6 Å². The van der Waals surface area contributed by atoms with Crippen LogP contribution in [-0.2, 0) is 9.53 Å². The quantitative estimate of drug-likeness (QED) is 0.0500. The van der Waals surface area contributed by atoms with Gasteiger partial charge in [0.05, 0.1) is 12.2 Å². The van der Waals surface area contributed by atoms with Crippen LogP contribution in [0.25, 0.3) is 0 Å². The predicted octanol–water partition coefficient (Wildman–Crippen LogP) is 8.00. The average Bonchev–Trinajstić information content (AvgIpc) is 3.36. The Balaban J connectivity index is 2.72. The third-order valence-electron chi connectivity index (χ3n) is 8.89. The highest BCUT2D eigenvalue weighted by atomic mass is 16.7. The van der Waals surface area contributed by atoms with E-state index in [0.29, 0.717) is 37.2 Å². The number of aromatic nitrogens is 1. The molecule has 0 aliphatic heterocycles. The maximum atomic E-state index is 13.0. The van der Waals surface area contributed by atoms with Gasteiger partial charge in [0.1, 0.15) is 11.6 Å². The minimum absolute atomic E-state index is 0.219. The van der Waals surface area contributed by atoms with Gasteiger partial charge in [-0.3, -0.25) is 4.90 Å². The van der Waals surface area contributed by atoms with E-state index in [0.717, 1.165) is 38.5 Å². The standard InChI is InChI=1S/C39H73N3O8/c1-6-8-10-12-14-16-18-20-24-32(43)30-41(31-33(44)25-21-19-17-15-13-11-9-7-2)29-23-22-26-34(40-38(48)49-39(3,4)5)37(47)50-42-35(45)27-28-36(42)46/h27-28,32-34,43-46H,6-26,29-31H2,1-5H3,(H,40,48)/t32-,33-,34+/m1/s1. The lowest BCUT2D eigenvalue weighted by atomic mass is 10.0. The van der Waals surface area contributed by atoms with E-state index in [-0.39, 0.29) is 6.42 Å². The van der Waals surface area contributed by atoms with Gasteiger partial charge >= 0.3 is 12.1 Å². The van der Waals surface area contributed by atoms with Gasteiger partial charge in [-0.15, -0.1) is 4.73 Å². The number of aromatic hydroxyl groups is 2. The Labute approximate surface area is 303 Å². The van der Waals surface area contributed by atoms with Crippen LogP contribution in [0.1, 0.15) is 169 Å². The van der Waals surface area contributed by atoms with Crippen LogP contribution in [0.2, 0.25) is 0 Å². The lowest BCUT2D eigenvalue weighted by Gasteiger charge is -2.28. The zero-order valence-electron chi connectivity index (χ0n) is 32.2. The molecule has 0 fully saturated rings. The highest BCUT2D eigenvalue weighted by Gasteiger charge is 2.27. The van der Waals surface area contributed by atoms with Crippen molar-refractivity contribution in [3.63, 3.8) is 0 Å². The molecule has 5 N–H and O–H groups in total. The first-order valence-corrected chi connectivity index (χ1v) is 19.8. The first-order valence-electron chi connectivity index (χ1n) is 19.8. The number of rotatable bonds is 30. The van der Waals surface area contributed by atoms with Gasteiger partial charge in [-0.05, 0) is 59.4 Å². The smallest absolute Gasteiger partial charge is 0.408 e. The van der Waals surface area contributed by atoms with Crippen molar-refractivity contribution in [3.8, 4) is 11.8 Å². The molecule has 0 radical (unpaired) electrons. The van der Waals surface area contributed by atoms with Crippen LogP contribution in [0.3, 0.4) is 0 Å². The number of nitrogens with zero attached hydrogens (tertiary/aromatic N) is 2. The number of aliphatic hydroxyl groups excluding tert-OH is 2. The molecule has 11 heteroatoms. The summed E-state index contributed by atoms with van der Waals surface area (Å²) in [7, 11) is 0. The van der Waals surface area contributed by atoms with E-state index in [2.05, 4.69) is 24.1 Å². The number of hydrogen-bond acceptors (Lipinski definition) is 9. The van der Waals surface area contributed by atoms with Crippen molar-refractivity contribution >= 4 is 12.1 Å². The molecule has 0 spiro atoms. The second-order valence-corrected chi connectivity index (χ2v) is 15.0. The van der Waals surface area contributed by atoms with Gasteiger partial charge < -0.3 is 35.3 Å². The number of amides is 1. The van der Waals surface area contributed by atoms with E-state index in [1.165, 1.54) is 89.2 Å². The summed E-state index contributed by atoms with van der Waals surface area (Å²) in [6.07, 6.45) is 20.4. The minimum atomic E-state index is -1.10. The Morgan fingerprint density at radius 3 is 1.56 bits per heavy atom. The molecular weight excluding hydrogens is 638 g/mol. The summed E-state index contributed by atoms with van der Waals surface area (Å²) in [5, 5.41) is 44.3. The maximum absolute atomic E-state index is 13.0. The number of carbonyl (C=O) groups excluding carboxylic acids is 2. The first-order chi connectivity index (χ1) is 23.9. The number of hydrogen-bond donors (Lipinski definition) is 5. The van der Waals surface area contributed by atoms with Crippen LogP contribution in [0, 0.1) is 0 Å². The van der Waals surface area contributed by atoms with E-state index in [9.17, 15) is 30.0 Å². The Bertz CT molecular complexity index is 964. The number of aliphatic hydroxyl groups is 2. The summed E-state index contributed by atoms with van der Waals surface area (Å²) in [6, 6.07) is 1.26. The van der Waals surface area contributed by atoms with Crippen molar-refractivity contribution in [1.29, 1.82) is 0 Å². The second-order valence-electron chi connectivity index (χ2n) is 15.0. The van der Waals surface area contributed by atoms with Crippen LogP contribution in [-0.4, -0.2) is 85.6 Å². The number of ether oxygens (including phenoxy) is 1. The monoisotopic (exact) mass is 712 g/mol. The third kappa shape index (κ3) is 23.1. The summed E-state index contributed by atoms with van der Waals surface area (Å²) in [5.41, 5.74) is -0.777. The lowest BCUT2D eigenvalue weighted by Crippen LogP contribution is -2.46. The van der Waals surface area contributed by atoms with Gasteiger partial charge in [0, 0.05) is 25.2 Å². The van der Waals surface area contributed by atoms with Gasteiger partial charge in [0.15, 0.2) is 0 Å². The molecule has 1 aromatic rings. The summed E-state index contributed by atoms with van der Waals surface area (Å²) < 4.78 is 5.94. The van der Waals surface area contributed by atoms with Gasteiger partial charge in [0.25, 0.3) is 0 Å². The van der Waals surface area contributed by atoms with Crippen LogP contribution < -0.4 is 10.2 Å². The van der Waals surface area contributed by atoms with E-state index in [4.69, 9.17) is 9.57 Å². The molecule has 0 saturated heterocycles. The fourth-order valence-corrected chi connectivity index (χ4v) is 6.10. The Morgan fingerprint density at radius 2 is 1.12 bits per heavy atom. The van der Waals surface area contributed by atoms with E-state index < -0.39 is 47.7 Å². The van der Waals surface area contributed by atoms with E-state index in [1.807, 2.05) is 0 Å². The molecule has 0 bridgehead atoms. The molecule has 0 saturated carbocycles. The molecule has 1 amide bonds. The molecule has 0 aliphatic carbocycles. The third-order valence-corrected chi connectivity index (χ3v) is 8.89. The van der Waals surface area contributed by atoms with Crippen LogP contribution in [0.4, 0.5) is 4.79 Å². The van der Waals surface area contributed by atoms with E-state index >= 15 is 0 Å². The van der Waals surface area contributed by atoms with Gasteiger partial charge in [-0.2, -0.15) is 0 Å². The average molecular weight is 712 g/mol. The van der Waals surface area contributed by atoms with Gasteiger partial charge in [-0.1, -0.05) is 117 Å². The van der Waals surface area contributed by atoms with Gasteiger partial charge in [-0.25, -0.2) is 9.59 Å². The van der Waals surface area contributed by atoms with Crippen LogP contribution in [0.5, 0.6) is 11.8 Å². The number of carbonyl (C=O) groups is 2. The largest absolute Gasteiger partial charge is 0.492 e. The molecule has 1 rings (SSSR count). The molecule has 292 valence electrons. The number of unbranched alkanes of at least 4 members (excludes halogenated alkanes) is 15. The van der Waals surface area contributed by atoms with Crippen molar-refractivity contribution in [1.82, 2.24) is 14.9 Å². The molecule has 50 heavy (non-hydrogen) atoms. The van der Waals surface area contributed by atoms with Crippen molar-refractivity contribution in [2.45, 2.75) is 193 Å². The SMILES string of the molecule is CCCCCCCCCC[C@@H](O)CN(CCCC[C@H](NC(=O)OC(C)(C)C)C(=O)On1c(O)ccc1O)C[C@H](O)CCCCCCCCCC. The normalized spacial score (nSPS) is 13.7. The zero-order chi connectivity index (χ0) is 37.2. The van der Waals surface area contributed by atoms with Crippen molar-refractivity contribution in [2.24, 2.45) is 0 Å². The molecule has 11 nitrogen and oxygen atoms in total.